The van der Waals surface area contributed by atoms with E-state index >= 15 is 0 Å². The molecule has 0 saturated heterocycles. The first-order chi connectivity index (χ1) is 10.3. The van der Waals surface area contributed by atoms with Crippen LogP contribution < -0.4 is 4.74 Å². The number of rotatable bonds is 7. The lowest BCUT2D eigenvalue weighted by Gasteiger charge is -2.22. The Morgan fingerprint density at radius 1 is 1.33 bits per heavy atom. The minimum atomic E-state index is -0.122. The number of nitrogens with zero attached hydrogens (tertiary/aromatic N) is 1. The smallest absolute Gasteiger partial charge is 0.123 e. The standard InChI is InChI=1S/C17H23NO3/c1-20-11-9-18(16-6-7-16)13-15-12-14(4-3-10-19)5-8-17(15)21-2/h5,8,12,16,19H,6-7,9-11,13H2,1-2H3. The van der Waals surface area contributed by atoms with Gasteiger partial charge in [0.1, 0.15) is 12.4 Å². The minimum Gasteiger partial charge on any atom is -0.496 e. The fraction of sp³-hybridized carbons (Fsp3) is 0.529. The maximum Gasteiger partial charge on any atom is 0.123 e. The topological polar surface area (TPSA) is 41.9 Å². The molecule has 1 N–H and O–H groups in total. The maximum atomic E-state index is 8.80. The van der Waals surface area contributed by atoms with Gasteiger partial charge in [-0.25, -0.2) is 0 Å². The molecule has 114 valence electrons. The number of methoxy groups -OCH3 is 2. The van der Waals surface area contributed by atoms with E-state index in [1.165, 1.54) is 12.8 Å². The Labute approximate surface area is 126 Å². The maximum absolute atomic E-state index is 8.80. The lowest BCUT2D eigenvalue weighted by molar-refractivity contribution is 0.139. The Morgan fingerprint density at radius 3 is 2.76 bits per heavy atom. The fourth-order valence-electron chi connectivity index (χ4n) is 2.38. The Kier molecular flexibility index (Phi) is 6.06. The monoisotopic (exact) mass is 289 g/mol. The van der Waals surface area contributed by atoms with Crippen LogP contribution in [0.15, 0.2) is 18.2 Å². The molecule has 21 heavy (non-hydrogen) atoms. The molecule has 0 heterocycles. The van der Waals surface area contributed by atoms with Gasteiger partial charge in [-0.15, -0.1) is 0 Å². The van der Waals surface area contributed by atoms with Crippen molar-refractivity contribution in [2.45, 2.75) is 25.4 Å². The first kappa shape index (κ1) is 15.8. The number of hydrogen-bond donors (Lipinski definition) is 1. The molecule has 4 nitrogen and oxygen atoms in total. The summed E-state index contributed by atoms with van der Waals surface area (Å²) in [5.41, 5.74) is 2.03. The molecule has 0 amide bonds. The van der Waals surface area contributed by atoms with Crippen LogP contribution in [0, 0.1) is 11.8 Å². The van der Waals surface area contributed by atoms with Crippen molar-refractivity contribution in [2.24, 2.45) is 0 Å². The summed E-state index contributed by atoms with van der Waals surface area (Å²) >= 11 is 0. The molecule has 0 spiro atoms. The van der Waals surface area contributed by atoms with E-state index in [0.29, 0.717) is 6.04 Å². The van der Waals surface area contributed by atoms with Crippen LogP contribution in [0.25, 0.3) is 0 Å². The van der Waals surface area contributed by atoms with Crippen LogP contribution in [0.4, 0.5) is 0 Å². The van der Waals surface area contributed by atoms with Gasteiger partial charge in [0.25, 0.3) is 0 Å². The van der Waals surface area contributed by atoms with Gasteiger partial charge in [0.05, 0.1) is 13.7 Å². The molecule has 0 radical (unpaired) electrons. The van der Waals surface area contributed by atoms with Crippen LogP contribution in [0.1, 0.15) is 24.0 Å². The molecular formula is C17H23NO3. The van der Waals surface area contributed by atoms with E-state index in [1.54, 1.807) is 14.2 Å². The second-order valence-corrected chi connectivity index (χ2v) is 5.18. The quantitative estimate of drug-likeness (QED) is 0.775. The van der Waals surface area contributed by atoms with Gasteiger partial charge in [-0.05, 0) is 31.0 Å². The van der Waals surface area contributed by atoms with Crippen molar-refractivity contribution in [1.82, 2.24) is 4.90 Å². The summed E-state index contributed by atoms with van der Waals surface area (Å²) in [5, 5.41) is 8.80. The second kappa shape index (κ2) is 8.04. The molecule has 1 aliphatic rings. The highest BCUT2D eigenvalue weighted by atomic mass is 16.5. The van der Waals surface area contributed by atoms with Gasteiger partial charge >= 0.3 is 0 Å². The third-order valence-corrected chi connectivity index (χ3v) is 3.61. The predicted octanol–water partition coefficient (Wildman–Crippen LogP) is 1.65. The van der Waals surface area contributed by atoms with Gasteiger partial charge in [0, 0.05) is 37.4 Å². The summed E-state index contributed by atoms with van der Waals surface area (Å²) in [7, 11) is 3.42. The molecule has 0 bridgehead atoms. The van der Waals surface area contributed by atoms with Crippen molar-refractivity contribution >= 4 is 0 Å². The van der Waals surface area contributed by atoms with Crippen LogP contribution in [0.3, 0.4) is 0 Å². The van der Waals surface area contributed by atoms with E-state index in [4.69, 9.17) is 14.6 Å². The van der Waals surface area contributed by atoms with Crippen LogP contribution in [0.5, 0.6) is 5.75 Å². The molecule has 0 aliphatic heterocycles. The van der Waals surface area contributed by atoms with Gasteiger partial charge in [-0.2, -0.15) is 0 Å². The van der Waals surface area contributed by atoms with Crippen molar-refractivity contribution < 1.29 is 14.6 Å². The second-order valence-electron chi connectivity index (χ2n) is 5.18. The Morgan fingerprint density at radius 2 is 2.14 bits per heavy atom. The first-order valence-corrected chi connectivity index (χ1v) is 7.28. The van der Waals surface area contributed by atoms with Crippen LogP contribution >= 0.6 is 0 Å². The molecule has 1 aliphatic carbocycles. The molecule has 0 atom stereocenters. The molecule has 1 fully saturated rings. The Balaban J connectivity index is 2.14. The van der Waals surface area contributed by atoms with Gasteiger partial charge in [0.2, 0.25) is 0 Å². The molecule has 1 aromatic rings. The van der Waals surface area contributed by atoms with E-state index in [-0.39, 0.29) is 6.61 Å². The number of benzene rings is 1. The van der Waals surface area contributed by atoms with Crippen LogP contribution in [-0.2, 0) is 11.3 Å². The lowest BCUT2D eigenvalue weighted by atomic mass is 10.1. The normalized spacial score (nSPS) is 13.9. The van der Waals surface area contributed by atoms with Gasteiger partial charge in [-0.1, -0.05) is 11.8 Å². The van der Waals surface area contributed by atoms with Crippen molar-refractivity contribution in [3.8, 4) is 17.6 Å². The van der Waals surface area contributed by atoms with Gasteiger partial charge < -0.3 is 14.6 Å². The highest BCUT2D eigenvalue weighted by molar-refractivity contribution is 5.44. The van der Waals surface area contributed by atoms with Gasteiger partial charge in [0.15, 0.2) is 0 Å². The van der Waals surface area contributed by atoms with Gasteiger partial charge in [-0.3, -0.25) is 4.90 Å². The van der Waals surface area contributed by atoms with Crippen molar-refractivity contribution in [1.29, 1.82) is 0 Å². The van der Waals surface area contributed by atoms with Crippen molar-refractivity contribution in [3.63, 3.8) is 0 Å². The molecule has 4 heteroatoms. The van der Waals surface area contributed by atoms with Crippen molar-refractivity contribution in [2.75, 3.05) is 34.0 Å². The largest absolute Gasteiger partial charge is 0.496 e. The average molecular weight is 289 g/mol. The Bertz CT molecular complexity index is 515. The van der Waals surface area contributed by atoms with Crippen LogP contribution in [0.2, 0.25) is 0 Å². The summed E-state index contributed by atoms with van der Waals surface area (Å²) in [4.78, 5) is 2.44. The highest BCUT2D eigenvalue weighted by Gasteiger charge is 2.29. The third kappa shape index (κ3) is 4.75. The van der Waals surface area contributed by atoms with E-state index in [1.807, 2.05) is 18.2 Å². The number of aliphatic hydroxyl groups is 1. The summed E-state index contributed by atoms with van der Waals surface area (Å²) in [6.07, 6.45) is 2.52. The molecular weight excluding hydrogens is 266 g/mol. The molecule has 0 unspecified atom stereocenters. The molecule has 0 aromatic heterocycles. The molecule has 1 saturated carbocycles. The predicted molar refractivity (Wildman–Crippen MR) is 82.3 cm³/mol. The fourth-order valence-corrected chi connectivity index (χ4v) is 2.38. The molecule has 2 rings (SSSR count). The average Bonchev–Trinajstić information content (AvgIpc) is 3.34. The summed E-state index contributed by atoms with van der Waals surface area (Å²) in [6, 6.07) is 6.57. The summed E-state index contributed by atoms with van der Waals surface area (Å²) < 4.78 is 10.7. The minimum absolute atomic E-state index is 0.122. The van der Waals surface area contributed by atoms with E-state index in [9.17, 15) is 0 Å². The highest BCUT2D eigenvalue weighted by Crippen LogP contribution is 2.30. The van der Waals surface area contributed by atoms with E-state index < -0.39 is 0 Å². The van der Waals surface area contributed by atoms with Crippen molar-refractivity contribution in [3.05, 3.63) is 29.3 Å². The number of ether oxygens (including phenoxy) is 2. The zero-order valence-electron chi connectivity index (χ0n) is 12.8. The third-order valence-electron chi connectivity index (χ3n) is 3.61. The number of aliphatic hydroxyl groups excluding tert-OH is 1. The van der Waals surface area contributed by atoms with Crippen LogP contribution in [-0.4, -0.2) is 50.0 Å². The zero-order valence-corrected chi connectivity index (χ0v) is 12.8. The SMILES string of the molecule is COCCN(Cc1cc(C#CCO)ccc1OC)C1CC1. The Hall–Kier alpha value is -1.54. The summed E-state index contributed by atoms with van der Waals surface area (Å²) in [6.45, 7) is 2.38. The lowest BCUT2D eigenvalue weighted by Crippen LogP contribution is -2.29. The van der Waals surface area contributed by atoms with E-state index in [2.05, 4.69) is 16.7 Å². The van der Waals surface area contributed by atoms with E-state index in [0.717, 1.165) is 36.6 Å². The first-order valence-electron chi connectivity index (χ1n) is 7.28. The zero-order chi connectivity index (χ0) is 15.1. The molecule has 1 aromatic carbocycles. The number of hydrogen-bond acceptors (Lipinski definition) is 4. The summed E-state index contributed by atoms with van der Waals surface area (Å²) in [5.74, 6) is 6.51.